The van der Waals surface area contributed by atoms with Crippen molar-refractivity contribution in [3.63, 3.8) is 0 Å². The van der Waals surface area contributed by atoms with E-state index >= 15 is 0 Å². The molecule has 1 saturated heterocycles. The van der Waals surface area contributed by atoms with E-state index in [0.29, 0.717) is 17.5 Å². The van der Waals surface area contributed by atoms with Crippen molar-refractivity contribution in [1.29, 1.82) is 0 Å². The number of aliphatic hydroxyl groups excluding tert-OH is 1. The third-order valence-corrected chi connectivity index (χ3v) is 5.38. The van der Waals surface area contributed by atoms with Crippen LogP contribution in [0.15, 0.2) is 23.2 Å². The van der Waals surface area contributed by atoms with Gasteiger partial charge in [-0.25, -0.2) is 0 Å². The summed E-state index contributed by atoms with van der Waals surface area (Å²) in [6.07, 6.45) is 4.32. The average Bonchev–Trinajstić information content (AvgIpc) is 2.75. The molecule has 0 bridgehead atoms. The molecule has 2 unspecified atom stereocenters. The molecular formula is C22H39IN4O3. The molecule has 1 aliphatic heterocycles. The van der Waals surface area contributed by atoms with Crippen molar-refractivity contribution in [3.05, 3.63) is 23.8 Å². The Hall–Kier alpha value is -1.26. The van der Waals surface area contributed by atoms with Crippen LogP contribution < -0.4 is 20.1 Å². The first kappa shape index (κ1) is 26.8. The van der Waals surface area contributed by atoms with E-state index in [-0.39, 0.29) is 30.5 Å². The highest BCUT2D eigenvalue weighted by Crippen LogP contribution is 2.26. The zero-order valence-electron chi connectivity index (χ0n) is 18.8. The average molecular weight is 534 g/mol. The molecule has 30 heavy (non-hydrogen) atoms. The SMILES string of the molecule is CCNC(=NCC(O)c1cc(OC)cc(OC)c1)NCCCN1CCCCC1C.I. The lowest BCUT2D eigenvalue weighted by Gasteiger charge is -2.33. The Morgan fingerprint density at radius 3 is 2.50 bits per heavy atom. The number of aliphatic hydroxyl groups is 1. The highest BCUT2D eigenvalue weighted by atomic mass is 127. The second-order valence-corrected chi connectivity index (χ2v) is 7.54. The second-order valence-electron chi connectivity index (χ2n) is 7.54. The Labute approximate surface area is 198 Å². The number of benzene rings is 1. The minimum Gasteiger partial charge on any atom is -0.497 e. The quantitative estimate of drug-likeness (QED) is 0.185. The third kappa shape index (κ3) is 8.85. The van der Waals surface area contributed by atoms with Crippen LogP contribution in [-0.4, -0.2) is 69.0 Å². The molecule has 1 aliphatic rings. The van der Waals surface area contributed by atoms with Gasteiger partial charge in [0.2, 0.25) is 0 Å². The Kier molecular flexibility index (Phi) is 13.1. The second kappa shape index (κ2) is 14.7. The monoisotopic (exact) mass is 534 g/mol. The molecule has 0 amide bonds. The molecule has 1 aromatic carbocycles. The number of guanidine groups is 1. The van der Waals surface area contributed by atoms with Crippen LogP contribution >= 0.6 is 24.0 Å². The third-order valence-electron chi connectivity index (χ3n) is 5.38. The van der Waals surface area contributed by atoms with E-state index in [4.69, 9.17) is 9.47 Å². The summed E-state index contributed by atoms with van der Waals surface area (Å²) in [6, 6.07) is 6.10. The summed E-state index contributed by atoms with van der Waals surface area (Å²) in [4.78, 5) is 7.13. The summed E-state index contributed by atoms with van der Waals surface area (Å²) < 4.78 is 10.6. The van der Waals surface area contributed by atoms with Gasteiger partial charge in [0, 0.05) is 31.7 Å². The van der Waals surface area contributed by atoms with Gasteiger partial charge in [-0.2, -0.15) is 0 Å². The number of likely N-dealkylation sites (tertiary alicyclic amines) is 1. The van der Waals surface area contributed by atoms with Crippen molar-refractivity contribution in [2.75, 3.05) is 46.9 Å². The van der Waals surface area contributed by atoms with E-state index in [0.717, 1.165) is 37.6 Å². The highest BCUT2D eigenvalue weighted by molar-refractivity contribution is 14.0. The van der Waals surface area contributed by atoms with E-state index in [1.165, 1.54) is 25.8 Å². The van der Waals surface area contributed by atoms with Crippen molar-refractivity contribution in [2.24, 2.45) is 4.99 Å². The molecule has 1 aromatic rings. The van der Waals surface area contributed by atoms with Gasteiger partial charge in [-0.3, -0.25) is 4.99 Å². The molecule has 0 aliphatic carbocycles. The number of ether oxygens (including phenoxy) is 2. The van der Waals surface area contributed by atoms with Crippen molar-refractivity contribution >= 4 is 29.9 Å². The van der Waals surface area contributed by atoms with Gasteiger partial charge in [-0.15, -0.1) is 24.0 Å². The van der Waals surface area contributed by atoms with Gasteiger partial charge >= 0.3 is 0 Å². The maximum Gasteiger partial charge on any atom is 0.191 e. The minimum atomic E-state index is -0.733. The van der Waals surface area contributed by atoms with Crippen molar-refractivity contribution in [2.45, 2.75) is 51.7 Å². The molecule has 1 fully saturated rings. The molecule has 1 heterocycles. The number of nitrogens with zero attached hydrogens (tertiary/aromatic N) is 2. The number of nitrogens with one attached hydrogen (secondary N) is 2. The van der Waals surface area contributed by atoms with Crippen LogP contribution in [0.5, 0.6) is 11.5 Å². The summed E-state index contributed by atoms with van der Waals surface area (Å²) >= 11 is 0. The predicted octanol–water partition coefficient (Wildman–Crippen LogP) is 3.17. The largest absolute Gasteiger partial charge is 0.497 e. The molecule has 172 valence electrons. The first-order chi connectivity index (χ1) is 14.1. The Balaban J connectivity index is 0.00000450. The molecule has 2 rings (SSSR count). The van der Waals surface area contributed by atoms with Crippen LogP contribution in [0.25, 0.3) is 0 Å². The van der Waals surface area contributed by atoms with E-state index in [9.17, 15) is 5.11 Å². The first-order valence-corrected chi connectivity index (χ1v) is 10.7. The first-order valence-electron chi connectivity index (χ1n) is 10.7. The van der Waals surface area contributed by atoms with E-state index in [2.05, 4.69) is 27.4 Å². The number of piperidine rings is 1. The fourth-order valence-electron chi connectivity index (χ4n) is 3.63. The Morgan fingerprint density at radius 2 is 1.90 bits per heavy atom. The molecular weight excluding hydrogens is 495 g/mol. The van der Waals surface area contributed by atoms with Crippen LogP contribution in [0.3, 0.4) is 0 Å². The topological polar surface area (TPSA) is 78.4 Å². The number of halogens is 1. The number of methoxy groups -OCH3 is 2. The summed E-state index contributed by atoms with van der Waals surface area (Å²) in [5.74, 6) is 2.03. The lowest BCUT2D eigenvalue weighted by molar-refractivity contribution is 0.159. The summed E-state index contributed by atoms with van der Waals surface area (Å²) in [6.45, 7) is 8.58. The van der Waals surface area contributed by atoms with Gasteiger partial charge in [0.1, 0.15) is 11.5 Å². The number of rotatable bonds is 10. The van der Waals surface area contributed by atoms with Crippen LogP contribution in [0, 0.1) is 0 Å². The Bertz CT molecular complexity index is 623. The van der Waals surface area contributed by atoms with Gasteiger partial charge in [0.15, 0.2) is 5.96 Å². The number of hydrogen-bond donors (Lipinski definition) is 3. The summed E-state index contributed by atoms with van der Waals surface area (Å²) in [5, 5.41) is 17.2. The van der Waals surface area contributed by atoms with E-state index in [1.54, 1.807) is 20.3 Å². The minimum absolute atomic E-state index is 0. The molecule has 7 nitrogen and oxygen atoms in total. The number of hydrogen-bond acceptors (Lipinski definition) is 5. The molecule has 3 N–H and O–H groups in total. The van der Waals surface area contributed by atoms with Crippen molar-refractivity contribution in [1.82, 2.24) is 15.5 Å². The van der Waals surface area contributed by atoms with Crippen LogP contribution in [0.1, 0.15) is 51.2 Å². The maximum atomic E-state index is 10.6. The van der Waals surface area contributed by atoms with Crippen molar-refractivity contribution in [3.8, 4) is 11.5 Å². The van der Waals surface area contributed by atoms with Crippen LogP contribution in [0.4, 0.5) is 0 Å². The van der Waals surface area contributed by atoms with Crippen LogP contribution in [-0.2, 0) is 0 Å². The predicted molar refractivity (Wildman–Crippen MR) is 133 cm³/mol. The fourth-order valence-corrected chi connectivity index (χ4v) is 3.63. The molecule has 0 radical (unpaired) electrons. The van der Waals surface area contributed by atoms with Gasteiger partial charge in [0.05, 0.1) is 26.9 Å². The van der Waals surface area contributed by atoms with E-state index in [1.807, 2.05) is 19.1 Å². The number of aliphatic imine (C=N–C) groups is 1. The zero-order chi connectivity index (χ0) is 21.1. The maximum absolute atomic E-state index is 10.6. The standard InChI is InChI=1S/C22H38N4O3.HI/c1-5-23-22(24-10-8-12-26-11-7-6-9-17(26)2)25-16-21(27)18-13-19(28-3)15-20(14-18)29-4;/h13-15,17,21,27H,5-12,16H2,1-4H3,(H2,23,24,25);1H. The van der Waals surface area contributed by atoms with E-state index < -0.39 is 6.10 Å². The molecule has 8 heteroatoms. The zero-order valence-corrected chi connectivity index (χ0v) is 21.1. The molecule has 0 spiro atoms. The summed E-state index contributed by atoms with van der Waals surface area (Å²) in [7, 11) is 3.20. The molecule has 0 aromatic heterocycles. The fraction of sp³-hybridized carbons (Fsp3) is 0.682. The lowest BCUT2D eigenvalue weighted by atomic mass is 10.0. The van der Waals surface area contributed by atoms with Gasteiger partial charge in [0.25, 0.3) is 0 Å². The van der Waals surface area contributed by atoms with Gasteiger partial charge < -0.3 is 30.1 Å². The lowest BCUT2D eigenvalue weighted by Crippen LogP contribution is -2.41. The molecule has 2 atom stereocenters. The van der Waals surface area contributed by atoms with Crippen LogP contribution in [0.2, 0.25) is 0 Å². The normalized spacial score (nSPS) is 18.3. The van der Waals surface area contributed by atoms with Gasteiger partial charge in [-0.05, 0) is 57.4 Å². The smallest absolute Gasteiger partial charge is 0.191 e. The van der Waals surface area contributed by atoms with Crippen molar-refractivity contribution < 1.29 is 14.6 Å². The summed E-state index contributed by atoms with van der Waals surface area (Å²) in [5.41, 5.74) is 0.722. The van der Waals surface area contributed by atoms with Gasteiger partial charge in [-0.1, -0.05) is 6.42 Å². The molecule has 0 saturated carbocycles. The Morgan fingerprint density at radius 1 is 1.20 bits per heavy atom. The highest BCUT2D eigenvalue weighted by Gasteiger charge is 2.17.